The molecule has 0 aliphatic heterocycles. The maximum atomic E-state index is 11.2. The molecule has 0 atom stereocenters. The van der Waals surface area contributed by atoms with Crippen molar-refractivity contribution in [3.05, 3.63) is 93.0 Å². The lowest BCUT2D eigenvalue weighted by atomic mass is 10.1. The zero-order valence-corrected chi connectivity index (χ0v) is 16.7. The van der Waals surface area contributed by atoms with Gasteiger partial charge in [-0.05, 0) is 60.0 Å². The predicted molar refractivity (Wildman–Crippen MR) is 113 cm³/mol. The third-order valence-electron chi connectivity index (χ3n) is 4.36. The topological polar surface area (TPSA) is 58.6 Å². The first kappa shape index (κ1) is 20.1. The highest BCUT2D eigenvalue weighted by atomic mass is 35.5. The number of anilines is 1. The molecule has 28 heavy (non-hydrogen) atoms. The van der Waals surface area contributed by atoms with Crippen LogP contribution in [0.15, 0.2) is 60.7 Å². The summed E-state index contributed by atoms with van der Waals surface area (Å²) in [6.45, 7) is 2.78. The van der Waals surface area contributed by atoms with Crippen molar-refractivity contribution in [2.24, 2.45) is 0 Å². The predicted octanol–water partition coefficient (Wildman–Crippen LogP) is 6.19. The minimum atomic E-state index is -0.926. The van der Waals surface area contributed by atoms with E-state index in [0.29, 0.717) is 28.8 Å². The summed E-state index contributed by atoms with van der Waals surface area (Å²) in [6, 6.07) is 18.3. The van der Waals surface area contributed by atoms with Crippen LogP contribution in [0.25, 0.3) is 0 Å². The van der Waals surface area contributed by atoms with Gasteiger partial charge >= 0.3 is 5.97 Å². The summed E-state index contributed by atoms with van der Waals surface area (Å²) in [4.78, 5) is 11.2. The smallest absolute Gasteiger partial charge is 0.336 e. The number of aromatic carboxylic acids is 1. The number of carboxylic acids is 1. The Morgan fingerprint density at radius 1 is 1.00 bits per heavy atom. The monoisotopic (exact) mass is 415 g/mol. The van der Waals surface area contributed by atoms with Gasteiger partial charge in [-0.25, -0.2) is 4.79 Å². The second kappa shape index (κ2) is 9.00. The number of ether oxygens (including phenoxy) is 1. The molecule has 3 aromatic carbocycles. The number of carbonyl (C=O) groups is 1. The van der Waals surface area contributed by atoms with E-state index in [2.05, 4.69) is 5.32 Å². The van der Waals surface area contributed by atoms with Crippen LogP contribution in [0.2, 0.25) is 10.0 Å². The fourth-order valence-corrected chi connectivity index (χ4v) is 3.08. The van der Waals surface area contributed by atoms with Gasteiger partial charge in [0.15, 0.2) is 0 Å². The van der Waals surface area contributed by atoms with Crippen molar-refractivity contribution in [2.75, 3.05) is 5.32 Å². The van der Waals surface area contributed by atoms with Crippen LogP contribution in [0, 0.1) is 6.92 Å². The van der Waals surface area contributed by atoms with Crippen molar-refractivity contribution in [3.63, 3.8) is 0 Å². The highest BCUT2D eigenvalue weighted by molar-refractivity contribution is 6.42. The maximum Gasteiger partial charge on any atom is 0.336 e. The van der Waals surface area contributed by atoms with Gasteiger partial charge in [0.25, 0.3) is 0 Å². The third kappa shape index (κ3) is 4.97. The molecule has 0 bridgehead atoms. The minimum absolute atomic E-state index is 0.302. The van der Waals surface area contributed by atoms with Crippen LogP contribution >= 0.6 is 23.2 Å². The van der Waals surface area contributed by atoms with Crippen molar-refractivity contribution in [3.8, 4) is 5.75 Å². The first-order valence-electron chi connectivity index (χ1n) is 8.66. The lowest BCUT2D eigenvalue weighted by molar-refractivity contribution is 0.0696. The van der Waals surface area contributed by atoms with Gasteiger partial charge in [-0.15, -0.1) is 0 Å². The zero-order valence-electron chi connectivity index (χ0n) is 15.2. The molecule has 3 rings (SSSR count). The molecule has 6 heteroatoms. The average Bonchev–Trinajstić information content (AvgIpc) is 2.68. The molecule has 0 aromatic heterocycles. The van der Waals surface area contributed by atoms with E-state index >= 15 is 0 Å². The Bertz CT molecular complexity index is 988. The van der Waals surface area contributed by atoms with E-state index in [4.69, 9.17) is 27.9 Å². The molecular weight excluding hydrogens is 397 g/mol. The molecule has 0 spiro atoms. The Hall–Kier alpha value is -2.69. The van der Waals surface area contributed by atoms with Crippen LogP contribution in [0.4, 0.5) is 5.69 Å². The summed E-state index contributed by atoms with van der Waals surface area (Å²) >= 11 is 11.9. The SMILES string of the molecule is Cc1c(NCc2ccc(OCc3ccc(Cl)c(Cl)c3)cc2)cccc1C(=O)O. The minimum Gasteiger partial charge on any atom is -0.489 e. The lowest BCUT2D eigenvalue weighted by Gasteiger charge is -2.12. The lowest BCUT2D eigenvalue weighted by Crippen LogP contribution is -2.05. The van der Waals surface area contributed by atoms with Crippen molar-refractivity contribution in [2.45, 2.75) is 20.1 Å². The van der Waals surface area contributed by atoms with E-state index in [0.717, 1.165) is 28.1 Å². The molecule has 2 N–H and O–H groups in total. The zero-order chi connectivity index (χ0) is 20.1. The third-order valence-corrected chi connectivity index (χ3v) is 5.10. The summed E-state index contributed by atoms with van der Waals surface area (Å²) in [5, 5.41) is 13.5. The molecular formula is C22H19Cl2NO3. The normalized spacial score (nSPS) is 10.5. The summed E-state index contributed by atoms with van der Waals surface area (Å²) in [5.74, 6) is -0.177. The van der Waals surface area contributed by atoms with E-state index in [1.54, 1.807) is 31.2 Å². The largest absolute Gasteiger partial charge is 0.489 e. The van der Waals surface area contributed by atoms with Crippen LogP contribution < -0.4 is 10.1 Å². The maximum absolute atomic E-state index is 11.2. The molecule has 0 amide bonds. The van der Waals surface area contributed by atoms with E-state index in [1.165, 1.54) is 0 Å². The molecule has 0 aliphatic rings. The van der Waals surface area contributed by atoms with Gasteiger partial charge in [-0.2, -0.15) is 0 Å². The molecule has 0 unspecified atom stereocenters. The van der Waals surface area contributed by atoms with Gasteiger partial charge in [0.05, 0.1) is 15.6 Å². The molecule has 3 aromatic rings. The van der Waals surface area contributed by atoms with Crippen LogP contribution in [-0.4, -0.2) is 11.1 Å². The Morgan fingerprint density at radius 2 is 1.71 bits per heavy atom. The summed E-state index contributed by atoms with van der Waals surface area (Å²) < 4.78 is 5.78. The fourth-order valence-electron chi connectivity index (χ4n) is 2.76. The van der Waals surface area contributed by atoms with Crippen molar-refractivity contribution >= 4 is 34.9 Å². The number of hydrogen-bond donors (Lipinski definition) is 2. The Balaban J connectivity index is 1.58. The van der Waals surface area contributed by atoms with Crippen LogP contribution in [0.5, 0.6) is 5.75 Å². The quantitative estimate of drug-likeness (QED) is 0.482. The highest BCUT2D eigenvalue weighted by Crippen LogP contribution is 2.24. The number of rotatable bonds is 7. The van der Waals surface area contributed by atoms with Gasteiger partial charge < -0.3 is 15.2 Å². The molecule has 4 nitrogen and oxygen atoms in total. The Kier molecular flexibility index (Phi) is 6.45. The van der Waals surface area contributed by atoms with Crippen LogP contribution in [-0.2, 0) is 13.2 Å². The van der Waals surface area contributed by atoms with Gasteiger partial charge in [-0.3, -0.25) is 0 Å². The molecule has 144 valence electrons. The molecule has 0 saturated heterocycles. The second-order valence-electron chi connectivity index (χ2n) is 6.32. The van der Waals surface area contributed by atoms with E-state index in [9.17, 15) is 9.90 Å². The van der Waals surface area contributed by atoms with Crippen molar-refractivity contribution in [1.82, 2.24) is 0 Å². The number of halogens is 2. The van der Waals surface area contributed by atoms with E-state index < -0.39 is 5.97 Å². The summed E-state index contributed by atoms with van der Waals surface area (Å²) in [5.41, 5.74) is 3.82. The molecule has 0 aliphatic carbocycles. The fraction of sp³-hybridized carbons (Fsp3) is 0.136. The van der Waals surface area contributed by atoms with Crippen LogP contribution in [0.1, 0.15) is 27.0 Å². The average molecular weight is 416 g/mol. The summed E-state index contributed by atoms with van der Waals surface area (Å²) in [6.07, 6.45) is 0. The molecule has 0 heterocycles. The van der Waals surface area contributed by atoms with Crippen molar-refractivity contribution in [1.29, 1.82) is 0 Å². The standard InChI is InChI=1S/C22H19Cl2NO3/c1-14-18(22(26)27)3-2-4-21(14)25-12-15-5-8-17(9-6-15)28-13-16-7-10-19(23)20(24)11-16/h2-11,25H,12-13H2,1H3,(H,26,27). The van der Waals surface area contributed by atoms with Gasteiger partial charge in [0.1, 0.15) is 12.4 Å². The molecule has 0 radical (unpaired) electrons. The highest BCUT2D eigenvalue weighted by Gasteiger charge is 2.09. The van der Waals surface area contributed by atoms with Gasteiger partial charge in [0.2, 0.25) is 0 Å². The molecule has 0 fully saturated rings. The second-order valence-corrected chi connectivity index (χ2v) is 7.13. The Morgan fingerprint density at radius 3 is 2.39 bits per heavy atom. The van der Waals surface area contributed by atoms with Gasteiger partial charge in [-0.1, -0.05) is 47.5 Å². The van der Waals surface area contributed by atoms with Gasteiger partial charge in [0, 0.05) is 12.2 Å². The van der Waals surface area contributed by atoms with Crippen LogP contribution in [0.3, 0.4) is 0 Å². The first-order valence-corrected chi connectivity index (χ1v) is 9.42. The van der Waals surface area contributed by atoms with E-state index in [-0.39, 0.29) is 0 Å². The number of nitrogens with one attached hydrogen (secondary N) is 1. The first-order chi connectivity index (χ1) is 13.4. The van der Waals surface area contributed by atoms with E-state index in [1.807, 2.05) is 36.4 Å². The number of benzene rings is 3. The number of hydrogen-bond acceptors (Lipinski definition) is 3. The molecule has 0 saturated carbocycles. The Labute approximate surface area is 173 Å². The van der Waals surface area contributed by atoms with Crippen molar-refractivity contribution < 1.29 is 14.6 Å². The summed E-state index contributed by atoms with van der Waals surface area (Å²) in [7, 11) is 0. The number of carboxylic acid groups (broad SMARTS) is 1.